The minimum atomic E-state index is -3.93. The number of piperazine rings is 1. The summed E-state index contributed by atoms with van der Waals surface area (Å²) in [6.07, 6.45) is 0. The van der Waals surface area contributed by atoms with E-state index < -0.39 is 15.8 Å². The molecule has 0 unspecified atom stereocenters. The molecule has 37 heavy (non-hydrogen) atoms. The van der Waals surface area contributed by atoms with E-state index in [4.69, 9.17) is 21.3 Å². The van der Waals surface area contributed by atoms with Crippen LogP contribution in [-0.4, -0.2) is 57.5 Å². The molecule has 1 aliphatic heterocycles. The molecule has 0 saturated carbocycles. The highest BCUT2D eigenvalue weighted by Gasteiger charge is 2.25. The number of thiazole rings is 1. The van der Waals surface area contributed by atoms with Gasteiger partial charge in [0.2, 0.25) is 0 Å². The molecule has 8 nitrogen and oxygen atoms in total. The number of hydrogen-bond donors (Lipinski definition) is 1. The lowest BCUT2D eigenvalue weighted by Gasteiger charge is -2.34. The van der Waals surface area contributed by atoms with Gasteiger partial charge in [0.05, 0.1) is 21.7 Å². The molecule has 0 radical (unpaired) electrons. The number of sulfonamides is 1. The summed E-state index contributed by atoms with van der Waals surface area (Å²) in [5.74, 6) is -0.0690. The summed E-state index contributed by atoms with van der Waals surface area (Å²) in [7, 11) is -2.34. The lowest BCUT2D eigenvalue weighted by Crippen LogP contribution is -2.48. The Balaban J connectivity index is 1.27. The molecule has 0 bridgehead atoms. The quantitative estimate of drug-likeness (QED) is 0.362. The van der Waals surface area contributed by atoms with Gasteiger partial charge in [0.15, 0.2) is 5.13 Å². The molecule has 3 aromatic carbocycles. The van der Waals surface area contributed by atoms with Crippen LogP contribution >= 0.6 is 22.9 Å². The first kappa shape index (κ1) is 25.2. The van der Waals surface area contributed by atoms with Crippen LogP contribution in [0.5, 0.6) is 5.75 Å². The van der Waals surface area contributed by atoms with E-state index in [1.165, 1.54) is 29.5 Å². The molecule has 0 atom stereocenters. The average molecular weight is 561 g/mol. The monoisotopic (exact) mass is 560 g/mol. The van der Waals surface area contributed by atoms with Crippen LogP contribution < -0.4 is 14.4 Å². The molecular formula is C25H22ClFN4O4S2. The van der Waals surface area contributed by atoms with E-state index in [0.29, 0.717) is 48.0 Å². The van der Waals surface area contributed by atoms with E-state index in [1.54, 1.807) is 42.3 Å². The maximum Gasteiger partial charge on any atom is 0.261 e. The van der Waals surface area contributed by atoms with Gasteiger partial charge in [-0.2, -0.15) is 0 Å². The summed E-state index contributed by atoms with van der Waals surface area (Å²) in [4.78, 5) is 21.7. The number of amides is 1. The molecule has 1 amide bonds. The number of nitrogens with one attached hydrogen (secondary N) is 1. The Morgan fingerprint density at radius 3 is 2.51 bits per heavy atom. The highest BCUT2D eigenvalue weighted by Crippen LogP contribution is 2.38. The number of rotatable bonds is 6. The van der Waals surface area contributed by atoms with Gasteiger partial charge in [-0.15, -0.1) is 0 Å². The van der Waals surface area contributed by atoms with Crippen molar-refractivity contribution in [2.45, 2.75) is 4.90 Å². The molecule has 192 valence electrons. The zero-order valence-electron chi connectivity index (χ0n) is 19.6. The van der Waals surface area contributed by atoms with Crippen LogP contribution in [0, 0.1) is 5.82 Å². The fourth-order valence-corrected chi connectivity index (χ4v) is 6.43. The van der Waals surface area contributed by atoms with Crippen molar-refractivity contribution in [1.82, 2.24) is 9.88 Å². The zero-order chi connectivity index (χ0) is 26.2. The number of ether oxygens (including phenoxy) is 1. The maximum absolute atomic E-state index is 13.2. The Labute approximate surface area is 222 Å². The second-order valence-electron chi connectivity index (χ2n) is 8.34. The van der Waals surface area contributed by atoms with Crippen molar-refractivity contribution in [3.8, 4) is 5.75 Å². The smallest absolute Gasteiger partial charge is 0.261 e. The normalized spacial score (nSPS) is 14.1. The van der Waals surface area contributed by atoms with Gasteiger partial charge in [-0.05, 0) is 54.6 Å². The van der Waals surface area contributed by atoms with Gasteiger partial charge < -0.3 is 14.5 Å². The van der Waals surface area contributed by atoms with E-state index >= 15 is 0 Å². The van der Waals surface area contributed by atoms with Crippen molar-refractivity contribution in [1.29, 1.82) is 0 Å². The van der Waals surface area contributed by atoms with Gasteiger partial charge in [0.25, 0.3) is 15.9 Å². The molecule has 1 fully saturated rings. The van der Waals surface area contributed by atoms with Gasteiger partial charge in [0, 0.05) is 37.4 Å². The summed E-state index contributed by atoms with van der Waals surface area (Å²) in [6, 6.07) is 14.4. The van der Waals surface area contributed by atoms with Crippen LogP contribution in [0.2, 0.25) is 5.02 Å². The van der Waals surface area contributed by atoms with Gasteiger partial charge >= 0.3 is 0 Å². The third-order valence-electron chi connectivity index (χ3n) is 5.99. The van der Waals surface area contributed by atoms with Gasteiger partial charge in [-0.3, -0.25) is 9.52 Å². The van der Waals surface area contributed by atoms with Crippen molar-refractivity contribution in [3.05, 3.63) is 77.1 Å². The number of halogens is 2. The molecule has 2 heterocycles. The van der Waals surface area contributed by atoms with E-state index in [2.05, 4.69) is 9.62 Å². The Bertz CT molecular complexity index is 1570. The number of fused-ring (bicyclic) bond motifs is 1. The first-order valence-electron chi connectivity index (χ1n) is 11.3. The van der Waals surface area contributed by atoms with Crippen molar-refractivity contribution < 1.29 is 22.3 Å². The van der Waals surface area contributed by atoms with E-state index in [9.17, 15) is 17.6 Å². The predicted octanol–water partition coefficient (Wildman–Crippen LogP) is 4.86. The fraction of sp³-hybridized carbons (Fsp3) is 0.200. The zero-order valence-corrected chi connectivity index (χ0v) is 22.0. The first-order chi connectivity index (χ1) is 17.7. The Hall–Kier alpha value is -3.41. The van der Waals surface area contributed by atoms with Gasteiger partial charge in [-0.25, -0.2) is 17.8 Å². The minimum Gasteiger partial charge on any atom is -0.494 e. The van der Waals surface area contributed by atoms with Crippen LogP contribution in [0.3, 0.4) is 0 Å². The van der Waals surface area contributed by atoms with Crippen LogP contribution in [0.15, 0.2) is 65.6 Å². The Morgan fingerprint density at radius 1 is 1.08 bits per heavy atom. The summed E-state index contributed by atoms with van der Waals surface area (Å²) < 4.78 is 47.1. The molecule has 0 aliphatic carbocycles. The van der Waals surface area contributed by atoms with Crippen molar-refractivity contribution in [3.63, 3.8) is 0 Å². The SMILES string of the molecule is COc1ccc(Cl)c2sc(N3CCN(C(=O)c4cccc(NS(=O)(=O)c5ccc(F)cc5)c4)CC3)nc12. The fourth-order valence-electron chi connectivity index (χ4n) is 4.07. The molecule has 1 aromatic heterocycles. The van der Waals surface area contributed by atoms with Crippen LogP contribution in [0.1, 0.15) is 10.4 Å². The maximum atomic E-state index is 13.2. The predicted molar refractivity (Wildman–Crippen MR) is 143 cm³/mol. The number of carbonyl (C=O) groups excluding carboxylic acids is 1. The van der Waals surface area contributed by atoms with E-state index in [1.807, 2.05) is 0 Å². The first-order valence-corrected chi connectivity index (χ1v) is 14.0. The van der Waals surface area contributed by atoms with Gasteiger partial charge in [-0.1, -0.05) is 29.0 Å². The Morgan fingerprint density at radius 2 is 1.81 bits per heavy atom. The lowest BCUT2D eigenvalue weighted by atomic mass is 10.1. The highest BCUT2D eigenvalue weighted by molar-refractivity contribution is 7.92. The number of nitrogens with zero attached hydrogens (tertiary/aromatic N) is 3. The molecule has 0 spiro atoms. The molecular weight excluding hydrogens is 539 g/mol. The summed E-state index contributed by atoms with van der Waals surface area (Å²) in [6.45, 7) is 2.13. The number of anilines is 2. The van der Waals surface area contributed by atoms with Crippen LogP contribution in [0.4, 0.5) is 15.2 Å². The standard InChI is InChI=1S/C25H22ClFN4O4S2/c1-35-21-10-9-20(26)23-22(21)28-25(36-23)31-13-11-30(12-14-31)24(32)16-3-2-4-18(15-16)29-37(33,34)19-7-5-17(27)6-8-19/h2-10,15,29H,11-14H2,1H3. The number of aromatic nitrogens is 1. The van der Waals surface area contributed by atoms with Crippen molar-refractivity contribution in [2.75, 3.05) is 42.9 Å². The number of benzene rings is 3. The average Bonchev–Trinajstić information content (AvgIpc) is 3.35. The largest absolute Gasteiger partial charge is 0.494 e. The second kappa shape index (κ2) is 10.2. The van der Waals surface area contributed by atoms with Gasteiger partial charge in [0.1, 0.15) is 17.1 Å². The number of hydrogen-bond acceptors (Lipinski definition) is 7. The molecule has 5 rings (SSSR count). The molecule has 1 aliphatic rings. The molecule has 4 aromatic rings. The number of carbonyl (C=O) groups is 1. The summed E-state index contributed by atoms with van der Waals surface area (Å²) in [5.41, 5.74) is 1.33. The summed E-state index contributed by atoms with van der Waals surface area (Å²) in [5, 5.41) is 1.42. The second-order valence-corrected chi connectivity index (χ2v) is 11.4. The summed E-state index contributed by atoms with van der Waals surface area (Å²) >= 11 is 7.84. The lowest BCUT2D eigenvalue weighted by molar-refractivity contribution is 0.0747. The topological polar surface area (TPSA) is 91.8 Å². The Kier molecular flexibility index (Phi) is 6.93. The third-order valence-corrected chi connectivity index (χ3v) is 8.96. The molecule has 1 N–H and O–H groups in total. The number of methoxy groups -OCH3 is 1. The van der Waals surface area contributed by atoms with E-state index in [-0.39, 0.29) is 16.5 Å². The van der Waals surface area contributed by atoms with Crippen LogP contribution in [-0.2, 0) is 10.0 Å². The van der Waals surface area contributed by atoms with Crippen molar-refractivity contribution in [2.24, 2.45) is 0 Å². The van der Waals surface area contributed by atoms with Crippen LogP contribution in [0.25, 0.3) is 10.2 Å². The molecule has 1 saturated heterocycles. The highest BCUT2D eigenvalue weighted by atomic mass is 35.5. The third kappa shape index (κ3) is 5.20. The molecule has 12 heteroatoms. The minimum absolute atomic E-state index is 0.0736. The van der Waals surface area contributed by atoms with E-state index in [0.717, 1.165) is 22.0 Å². The van der Waals surface area contributed by atoms with Crippen molar-refractivity contribution >= 4 is 59.9 Å².